The smallest absolute Gasteiger partial charge is 0.122 e. The Morgan fingerprint density at radius 3 is 2.21 bits per heavy atom. The van der Waals surface area contributed by atoms with E-state index in [2.05, 4.69) is 64.2 Å². The molecule has 1 nitrogen and oxygen atoms in total. The van der Waals surface area contributed by atoms with Crippen LogP contribution >= 0.6 is 0 Å². The quantitative estimate of drug-likeness (QED) is 0.639. The van der Waals surface area contributed by atoms with Gasteiger partial charge in [0.05, 0.1) is 5.22 Å². The highest BCUT2D eigenvalue weighted by Gasteiger charge is 2.47. The van der Waals surface area contributed by atoms with E-state index in [-0.39, 0.29) is 0 Å². The first-order valence-corrected chi connectivity index (χ1v) is 10.2. The van der Waals surface area contributed by atoms with Gasteiger partial charge in [-0.05, 0) is 31.8 Å². The second kappa shape index (κ2) is 6.06. The predicted molar refractivity (Wildman–Crippen MR) is 87.4 cm³/mol. The van der Waals surface area contributed by atoms with Gasteiger partial charge in [-0.2, -0.15) is 0 Å². The molecule has 0 saturated heterocycles. The van der Waals surface area contributed by atoms with Gasteiger partial charge in [0.2, 0.25) is 0 Å². The van der Waals surface area contributed by atoms with Crippen molar-refractivity contribution in [3.63, 3.8) is 0 Å². The second-order valence-corrected chi connectivity index (χ2v) is 11.1. The zero-order valence-corrected chi connectivity index (χ0v) is 14.2. The first-order valence-electron chi connectivity index (χ1n) is 7.17. The maximum Gasteiger partial charge on any atom is 0.122 e. The van der Waals surface area contributed by atoms with Crippen molar-refractivity contribution in [1.29, 1.82) is 0 Å². The van der Waals surface area contributed by atoms with E-state index in [1.807, 2.05) is 13.0 Å². The van der Waals surface area contributed by atoms with Crippen LogP contribution in [-0.4, -0.2) is 18.4 Å². The Morgan fingerprint density at radius 1 is 1.26 bits per heavy atom. The summed E-state index contributed by atoms with van der Waals surface area (Å²) in [6, 6.07) is 10.5. The van der Waals surface area contributed by atoms with E-state index in [1.54, 1.807) is 0 Å². The van der Waals surface area contributed by atoms with Crippen LogP contribution in [0.1, 0.15) is 34.1 Å². The summed E-state index contributed by atoms with van der Waals surface area (Å²) < 4.78 is 0. The highest BCUT2D eigenvalue weighted by molar-refractivity contribution is 6.92. The molecule has 0 aliphatic heterocycles. The van der Waals surface area contributed by atoms with Crippen LogP contribution in [0.25, 0.3) is 0 Å². The van der Waals surface area contributed by atoms with Crippen LogP contribution in [0.2, 0.25) is 13.1 Å². The van der Waals surface area contributed by atoms with Gasteiger partial charge < -0.3 is 5.11 Å². The number of benzene rings is 1. The average Bonchev–Trinajstić information content (AvgIpc) is 2.37. The molecule has 1 atom stereocenters. The van der Waals surface area contributed by atoms with Gasteiger partial charge in [0.1, 0.15) is 8.07 Å². The molecule has 19 heavy (non-hydrogen) atoms. The minimum atomic E-state index is -1.99. The van der Waals surface area contributed by atoms with E-state index in [4.69, 9.17) is 0 Å². The monoisotopic (exact) mass is 276 g/mol. The van der Waals surface area contributed by atoms with Gasteiger partial charge in [-0.3, -0.25) is 0 Å². The van der Waals surface area contributed by atoms with Crippen LogP contribution in [0, 0.1) is 5.92 Å². The molecule has 0 aliphatic rings. The molecule has 0 radical (unpaired) electrons. The van der Waals surface area contributed by atoms with Crippen molar-refractivity contribution in [2.45, 2.75) is 52.4 Å². The fraction of sp³-hybridized carbons (Fsp3) is 0.529. The third-order valence-corrected chi connectivity index (χ3v) is 8.76. The molecule has 0 saturated carbocycles. The second-order valence-electron chi connectivity index (χ2n) is 6.42. The Hall–Kier alpha value is -0.863. The molecule has 1 aromatic rings. The van der Waals surface area contributed by atoms with Crippen molar-refractivity contribution in [3.05, 3.63) is 42.0 Å². The van der Waals surface area contributed by atoms with Gasteiger partial charge in [0.15, 0.2) is 0 Å². The molecule has 0 aliphatic carbocycles. The SMILES string of the molecule is C/C=C(\C)[C@](O)(CC(C)C)[Si](C)(C)c1ccccc1. The summed E-state index contributed by atoms with van der Waals surface area (Å²) in [5, 5.41) is 12.1. The Bertz CT molecular complexity index is 434. The molecule has 0 spiro atoms. The van der Waals surface area contributed by atoms with Crippen molar-refractivity contribution in [2.24, 2.45) is 5.92 Å². The van der Waals surface area contributed by atoms with E-state index in [1.165, 1.54) is 5.19 Å². The molecule has 0 unspecified atom stereocenters. The number of hydrogen-bond acceptors (Lipinski definition) is 1. The summed E-state index contributed by atoms with van der Waals surface area (Å²) in [5.74, 6) is 0.482. The van der Waals surface area contributed by atoms with Crippen LogP contribution in [0.3, 0.4) is 0 Å². The maximum atomic E-state index is 11.4. The number of hydrogen-bond donors (Lipinski definition) is 1. The van der Waals surface area contributed by atoms with Crippen LogP contribution < -0.4 is 5.19 Å². The zero-order chi connectivity index (χ0) is 14.7. The summed E-state index contributed by atoms with van der Waals surface area (Å²) in [6.07, 6.45) is 2.90. The van der Waals surface area contributed by atoms with Gasteiger partial charge >= 0.3 is 0 Å². The molecule has 0 amide bonds. The lowest BCUT2D eigenvalue weighted by Gasteiger charge is -2.44. The lowest BCUT2D eigenvalue weighted by Crippen LogP contribution is -2.63. The molecule has 0 heterocycles. The molecule has 1 rings (SSSR count). The topological polar surface area (TPSA) is 20.2 Å². The molecule has 1 N–H and O–H groups in total. The van der Waals surface area contributed by atoms with E-state index >= 15 is 0 Å². The number of aliphatic hydroxyl groups is 1. The molecule has 2 heteroatoms. The van der Waals surface area contributed by atoms with Crippen molar-refractivity contribution >= 4 is 13.3 Å². The summed E-state index contributed by atoms with van der Waals surface area (Å²) >= 11 is 0. The molecule has 0 aromatic heterocycles. The fourth-order valence-electron chi connectivity index (χ4n) is 2.83. The minimum Gasteiger partial charge on any atom is -0.389 e. The van der Waals surface area contributed by atoms with Crippen LogP contribution in [0.15, 0.2) is 42.0 Å². The Kier molecular flexibility index (Phi) is 5.16. The van der Waals surface area contributed by atoms with E-state index in [0.29, 0.717) is 5.92 Å². The first kappa shape index (κ1) is 16.2. The Morgan fingerprint density at radius 2 is 1.79 bits per heavy atom. The zero-order valence-electron chi connectivity index (χ0n) is 13.2. The van der Waals surface area contributed by atoms with Crippen molar-refractivity contribution in [2.75, 3.05) is 0 Å². The lowest BCUT2D eigenvalue weighted by atomic mass is 9.99. The van der Waals surface area contributed by atoms with Crippen LogP contribution in [0.4, 0.5) is 0 Å². The molecule has 0 bridgehead atoms. The van der Waals surface area contributed by atoms with E-state index < -0.39 is 13.3 Å². The largest absolute Gasteiger partial charge is 0.389 e. The number of allylic oxidation sites excluding steroid dienone is 1. The molecule has 1 aromatic carbocycles. The lowest BCUT2D eigenvalue weighted by molar-refractivity contribution is 0.128. The normalized spacial score (nSPS) is 16.5. The highest BCUT2D eigenvalue weighted by Crippen LogP contribution is 2.34. The molecular weight excluding hydrogens is 248 g/mol. The third kappa shape index (κ3) is 3.18. The minimum absolute atomic E-state index is 0.482. The van der Waals surface area contributed by atoms with Gasteiger partial charge in [0, 0.05) is 0 Å². The van der Waals surface area contributed by atoms with Gasteiger partial charge in [-0.25, -0.2) is 0 Å². The fourth-order valence-corrected chi connectivity index (χ4v) is 6.38. The van der Waals surface area contributed by atoms with E-state index in [0.717, 1.165) is 12.0 Å². The molecule has 106 valence electrons. The summed E-state index contributed by atoms with van der Waals surface area (Å²) in [6.45, 7) is 13.0. The van der Waals surface area contributed by atoms with Crippen LogP contribution in [-0.2, 0) is 0 Å². The highest BCUT2D eigenvalue weighted by atomic mass is 28.3. The summed E-state index contributed by atoms with van der Waals surface area (Å²) in [7, 11) is -1.99. The Balaban J connectivity index is 3.32. The predicted octanol–water partition coefficient (Wildman–Crippen LogP) is 3.88. The number of rotatable bonds is 5. The third-order valence-electron chi connectivity index (χ3n) is 4.32. The van der Waals surface area contributed by atoms with Crippen molar-refractivity contribution in [3.8, 4) is 0 Å². The van der Waals surface area contributed by atoms with E-state index in [9.17, 15) is 5.11 Å². The molecule has 0 fully saturated rings. The van der Waals surface area contributed by atoms with Gasteiger partial charge in [-0.1, -0.05) is 68.5 Å². The van der Waals surface area contributed by atoms with Crippen molar-refractivity contribution in [1.82, 2.24) is 0 Å². The molecular formula is C17H28OSi. The maximum absolute atomic E-state index is 11.4. The van der Waals surface area contributed by atoms with Gasteiger partial charge in [0.25, 0.3) is 0 Å². The first-order chi connectivity index (χ1) is 8.75. The summed E-state index contributed by atoms with van der Waals surface area (Å²) in [5.41, 5.74) is 1.11. The van der Waals surface area contributed by atoms with Gasteiger partial charge in [-0.15, -0.1) is 0 Å². The Labute approximate surface area is 119 Å². The average molecular weight is 276 g/mol. The van der Waals surface area contributed by atoms with Crippen LogP contribution in [0.5, 0.6) is 0 Å². The summed E-state index contributed by atoms with van der Waals surface area (Å²) in [4.78, 5) is 0. The standard InChI is InChI=1S/C17H28OSi/c1-7-15(4)17(18,13-14(2)3)19(5,6)16-11-9-8-10-12-16/h7-12,14,18H,13H2,1-6H3/b15-7+/t17-/m0/s1. The van der Waals surface area contributed by atoms with Crippen molar-refractivity contribution < 1.29 is 5.11 Å².